The predicted octanol–water partition coefficient (Wildman–Crippen LogP) is 1.88. The number of hydrogen-bond acceptors (Lipinski definition) is 3. The molecular weight excluding hydrogens is 272 g/mol. The van der Waals surface area contributed by atoms with Crippen LogP contribution in [0.4, 0.5) is 0 Å². The summed E-state index contributed by atoms with van der Waals surface area (Å²) in [4.78, 5) is 26.7. The summed E-state index contributed by atoms with van der Waals surface area (Å²) in [5.74, 6) is 0.140. The second-order valence-electron chi connectivity index (χ2n) is 5.18. The van der Waals surface area contributed by atoms with Crippen LogP contribution in [0.5, 0.6) is 0 Å². The van der Waals surface area contributed by atoms with Gasteiger partial charge in [0, 0.05) is 36.5 Å². The Morgan fingerprint density at radius 2 is 1.95 bits per heavy atom. The van der Waals surface area contributed by atoms with E-state index in [1.54, 1.807) is 7.05 Å². The first-order valence-corrected chi connectivity index (χ1v) is 7.28. The van der Waals surface area contributed by atoms with Crippen LogP contribution in [-0.4, -0.2) is 36.9 Å². The third kappa shape index (κ3) is 3.15. The van der Waals surface area contributed by atoms with Gasteiger partial charge in [-0.2, -0.15) is 0 Å². The zero-order valence-corrected chi connectivity index (χ0v) is 12.7. The Kier molecular flexibility index (Phi) is 4.70. The van der Waals surface area contributed by atoms with Gasteiger partial charge < -0.3 is 10.2 Å². The minimum absolute atomic E-state index is 0.0290. The average molecular weight is 292 g/mol. The zero-order chi connectivity index (χ0) is 14.7. The lowest BCUT2D eigenvalue weighted by Crippen LogP contribution is -2.42. The standard InChI is InChI=1S/C15H20N2O2S/c1-10-3-4-12(20)9-13(10)15(19)17-7-5-11(6-8-17)14(18)16-2/h3-4,9,11,20H,5-8H2,1-2H3,(H,16,18). The molecule has 1 N–H and O–H groups in total. The Bertz CT molecular complexity index is 523. The number of nitrogens with zero attached hydrogens (tertiary/aromatic N) is 1. The van der Waals surface area contributed by atoms with E-state index in [4.69, 9.17) is 0 Å². The monoisotopic (exact) mass is 292 g/mol. The SMILES string of the molecule is CNC(=O)C1CCN(C(=O)c2cc(S)ccc2C)CC1. The molecule has 1 aliphatic heterocycles. The number of aryl methyl sites for hydroxylation is 1. The molecule has 108 valence electrons. The molecule has 0 spiro atoms. The molecule has 0 unspecified atom stereocenters. The van der Waals surface area contributed by atoms with E-state index in [1.165, 1.54) is 0 Å². The third-order valence-corrected chi connectivity index (χ3v) is 4.13. The molecule has 1 aliphatic rings. The van der Waals surface area contributed by atoms with E-state index >= 15 is 0 Å². The van der Waals surface area contributed by atoms with Crippen molar-refractivity contribution in [3.05, 3.63) is 29.3 Å². The number of piperidine rings is 1. The lowest BCUT2D eigenvalue weighted by atomic mass is 9.95. The molecule has 1 saturated heterocycles. The largest absolute Gasteiger partial charge is 0.359 e. The molecule has 0 radical (unpaired) electrons. The number of benzene rings is 1. The van der Waals surface area contributed by atoms with Crippen molar-refractivity contribution in [2.24, 2.45) is 5.92 Å². The second-order valence-corrected chi connectivity index (χ2v) is 5.70. The summed E-state index contributed by atoms with van der Waals surface area (Å²) in [7, 11) is 1.65. The van der Waals surface area contributed by atoms with Crippen LogP contribution in [0.3, 0.4) is 0 Å². The summed E-state index contributed by atoms with van der Waals surface area (Å²) in [5.41, 5.74) is 1.66. The molecule has 1 aromatic carbocycles. The highest BCUT2D eigenvalue weighted by molar-refractivity contribution is 7.80. The van der Waals surface area contributed by atoms with E-state index in [1.807, 2.05) is 30.0 Å². The molecule has 1 fully saturated rings. The minimum atomic E-state index is 0.0290. The maximum absolute atomic E-state index is 12.5. The second kappa shape index (κ2) is 6.31. The average Bonchev–Trinajstić information content (AvgIpc) is 2.48. The van der Waals surface area contributed by atoms with Crippen LogP contribution in [0.1, 0.15) is 28.8 Å². The van der Waals surface area contributed by atoms with Crippen LogP contribution in [0, 0.1) is 12.8 Å². The Balaban J connectivity index is 2.05. The quantitative estimate of drug-likeness (QED) is 0.818. The zero-order valence-electron chi connectivity index (χ0n) is 11.8. The van der Waals surface area contributed by atoms with Gasteiger partial charge in [0.1, 0.15) is 0 Å². The molecule has 1 aromatic rings. The van der Waals surface area contributed by atoms with Gasteiger partial charge in [0.25, 0.3) is 5.91 Å². The van der Waals surface area contributed by atoms with Crippen LogP contribution in [-0.2, 0) is 4.79 Å². The lowest BCUT2D eigenvalue weighted by molar-refractivity contribution is -0.125. The third-order valence-electron chi connectivity index (χ3n) is 3.85. The van der Waals surface area contributed by atoms with Gasteiger partial charge in [-0.15, -0.1) is 12.6 Å². The number of nitrogens with one attached hydrogen (secondary N) is 1. The van der Waals surface area contributed by atoms with Crippen molar-refractivity contribution in [1.29, 1.82) is 0 Å². The Morgan fingerprint density at radius 1 is 1.30 bits per heavy atom. The van der Waals surface area contributed by atoms with Crippen LogP contribution in [0.15, 0.2) is 23.1 Å². The maximum atomic E-state index is 12.5. The van der Waals surface area contributed by atoms with E-state index in [2.05, 4.69) is 17.9 Å². The molecule has 0 atom stereocenters. The van der Waals surface area contributed by atoms with E-state index < -0.39 is 0 Å². The number of thiol groups is 1. The van der Waals surface area contributed by atoms with Crippen LogP contribution < -0.4 is 5.32 Å². The highest BCUT2D eigenvalue weighted by Crippen LogP contribution is 2.21. The molecule has 1 heterocycles. The fraction of sp³-hybridized carbons (Fsp3) is 0.467. The summed E-state index contributed by atoms with van der Waals surface area (Å²) < 4.78 is 0. The molecule has 0 bridgehead atoms. The van der Waals surface area contributed by atoms with Gasteiger partial charge in [0.2, 0.25) is 5.91 Å². The molecule has 20 heavy (non-hydrogen) atoms. The van der Waals surface area contributed by atoms with Crippen molar-refractivity contribution < 1.29 is 9.59 Å². The van der Waals surface area contributed by atoms with Crippen LogP contribution >= 0.6 is 12.6 Å². The number of carbonyl (C=O) groups excluding carboxylic acids is 2. The minimum Gasteiger partial charge on any atom is -0.359 e. The fourth-order valence-corrected chi connectivity index (χ4v) is 2.76. The van der Waals surface area contributed by atoms with Crippen LogP contribution in [0.25, 0.3) is 0 Å². The Hall–Kier alpha value is -1.49. The molecule has 2 amide bonds. The van der Waals surface area contributed by atoms with Crippen molar-refractivity contribution in [3.63, 3.8) is 0 Å². The summed E-state index contributed by atoms with van der Waals surface area (Å²) in [6.07, 6.45) is 1.45. The molecule has 0 aromatic heterocycles. The molecule has 5 heteroatoms. The highest BCUT2D eigenvalue weighted by Gasteiger charge is 2.27. The molecule has 2 rings (SSSR count). The van der Waals surface area contributed by atoms with Gasteiger partial charge in [0.15, 0.2) is 0 Å². The number of likely N-dealkylation sites (tertiary alicyclic amines) is 1. The first kappa shape index (κ1) is 14.9. The summed E-state index contributed by atoms with van der Waals surface area (Å²) in [5, 5.41) is 2.67. The van der Waals surface area contributed by atoms with E-state index in [0.29, 0.717) is 18.7 Å². The number of rotatable bonds is 2. The summed E-state index contributed by atoms with van der Waals surface area (Å²) >= 11 is 4.29. The van der Waals surface area contributed by atoms with Crippen LogP contribution in [0.2, 0.25) is 0 Å². The topological polar surface area (TPSA) is 49.4 Å². The van der Waals surface area contributed by atoms with E-state index in [9.17, 15) is 9.59 Å². The first-order valence-electron chi connectivity index (χ1n) is 6.83. The van der Waals surface area contributed by atoms with Gasteiger partial charge >= 0.3 is 0 Å². The normalized spacial score (nSPS) is 16.1. The Labute approximate surface area is 124 Å². The Morgan fingerprint density at radius 3 is 2.55 bits per heavy atom. The van der Waals surface area contributed by atoms with Crippen molar-refractivity contribution in [2.45, 2.75) is 24.7 Å². The van der Waals surface area contributed by atoms with Crippen molar-refractivity contribution in [1.82, 2.24) is 10.2 Å². The van der Waals surface area contributed by atoms with Gasteiger partial charge in [-0.3, -0.25) is 9.59 Å². The number of amides is 2. The van der Waals surface area contributed by atoms with Gasteiger partial charge in [-0.05, 0) is 37.5 Å². The molecular formula is C15H20N2O2S. The summed E-state index contributed by atoms with van der Waals surface area (Å²) in [6.45, 7) is 3.19. The predicted molar refractivity (Wildman–Crippen MR) is 81.1 cm³/mol. The number of hydrogen-bond donors (Lipinski definition) is 2. The number of carbonyl (C=O) groups is 2. The van der Waals surface area contributed by atoms with Crippen molar-refractivity contribution >= 4 is 24.4 Å². The molecule has 0 saturated carbocycles. The molecule has 4 nitrogen and oxygen atoms in total. The fourth-order valence-electron chi connectivity index (χ4n) is 2.56. The van der Waals surface area contributed by atoms with E-state index in [-0.39, 0.29) is 17.7 Å². The van der Waals surface area contributed by atoms with Crippen molar-refractivity contribution in [2.75, 3.05) is 20.1 Å². The van der Waals surface area contributed by atoms with Gasteiger partial charge in [-0.1, -0.05) is 6.07 Å². The maximum Gasteiger partial charge on any atom is 0.254 e. The summed E-state index contributed by atoms with van der Waals surface area (Å²) in [6, 6.07) is 5.60. The van der Waals surface area contributed by atoms with Gasteiger partial charge in [0.05, 0.1) is 0 Å². The lowest BCUT2D eigenvalue weighted by Gasteiger charge is -2.31. The molecule has 0 aliphatic carbocycles. The first-order chi connectivity index (χ1) is 9.52. The smallest absolute Gasteiger partial charge is 0.254 e. The van der Waals surface area contributed by atoms with Crippen molar-refractivity contribution in [3.8, 4) is 0 Å². The highest BCUT2D eigenvalue weighted by atomic mass is 32.1. The van der Waals surface area contributed by atoms with E-state index in [0.717, 1.165) is 23.3 Å². The van der Waals surface area contributed by atoms with Gasteiger partial charge in [-0.25, -0.2) is 0 Å².